The van der Waals surface area contributed by atoms with E-state index in [1.165, 1.54) is 13.2 Å². The average molecular weight is 459 g/mol. The number of aliphatic hydroxyl groups is 3. The van der Waals surface area contributed by atoms with Crippen molar-refractivity contribution in [1.82, 2.24) is 15.9 Å². The summed E-state index contributed by atoms with van der Waals surface area (Å²) >= 11 is 0. The summed E-state index contributed by atoms with van der Waals surface area (Å²) in [6.07, 6.45) is -0.456. The lowest BCUT2D eigenvalue weighted by Gasteiger charge is -2.25. The second-order valence-electron chi connectivity index (χ2n) is 7.24. The highest BCUT2D eigenvalue weighted by molar-refractivity contribution is 5.95. The molecule has 176 valence electrons. The van der Waals surface area contributed by atoms with Crippen LogP contribution in [-0.2, 0) is 4.74 Å². The summed E-state index contributed by atoms with van der Waals surface area (Å²) < 4.78 is 10.4. The van der Waals surface area contributed by atoms with E-state index in [2.05, 4.69) is 5.32 Å². The van der Waals surface area contributed by atoms with Crippen molar-refractivity contribution >= 4 is 5.91 Å². The Kier molecular flexibility index (Phi) is 7.87. The number of nitrogens with one attached hydrogen (secondary N) is 2. The first-order chi connectivity index (χ1) is 15.8. The normalized spacial score (nSPS) is 16.1. The zero-order valence-electron chi connectivity index (χ0n) is 17.6. The third-order valence-electron chi connectivity index (χ3n) is 4.85. The Morgan fingerprint density at radius 1 is 1.09 bits per heavy atom. The first-order valence-electron chi connectivity index (χ1n) is 9.93. The van der Waals surface area contributed by atoms with Gasteiger partial charge in [-0.2, -0.15) is 5.48 Å². The van der Waals surface area contributed by atoms with Gasteiger partial charge in [0.25, 0.3) is 5.91 Å². The summed E-state index contributed by atoms with van der Waals surface area (Å²) in [5.74, 6) is -0.410. The van der Waals surface area contributed by atoms with Gasteiger partial charge < -0.3 is 35.3 Å². The number of ether oxygens (including phenoxy) is 2. The van der Waals surface area contributed by atoms with Gasteiger partial charge in [0.2, 0.25) is 0 Å². The Labute approximate surface area is 189 Å². The number of amides is 1. The Morgan fingerprint density at radius 2 is 1.70 bits per heavy atom. The molecule has 0 fully saturated rings. The Bertz CT molecular complexity index is 1010. The lowest BCUT2D eigenvalue weighted by Crippen LogP contribution is -2.54. The fourth-order valence-corrected chi connectivity index (χ4v) is 2.99. The maximum Gasteiger partial charge on any atom is 0.301 e. The predicted octanol–water partition coefficient (Wildman–Crippen LogP) is 1.43. The highest BCUT2D eigenvalue weighted by Crippen LogP contribution is 2.24. The maximum atomic E-state index is 12.4. The van der Waals surface area contributed by atoms with Crippen LogP contribution in [-0.4, -0.2) is 61.7 Å². The predicted molar refractivity (Wildman–Crippen MR) is 115 cm³/mol. The molecule has 1 aliphatic heterocycles. The first-order valence-corrected chi connectivity index (χ1v) is 9.93. The number of carbonyl (C=O) groups excluding carboxylic acids is 1. The largest absolute Gasteiger partial charge is 0.487 e. The van der Waals surface area contributed by atoms with Gasteiger partial charge in [-0.15, -0.1) is 0 Å². The molecule has 0 spiro atoms. The van der Waals surface area contributed by atoms with Crippen LogP contribution >= 0.6 is 0 Å². The van der Waals surface area contributed by atoms with E-state index in [0.717, 1.165) is 17.3 Å². The first kappa shape index (κ1) is 24.0. The smallest absolute Gasteiger partial charge is 0.301 e. The second kappa shape index (κ2) is 10.8. The minimum atomic E-state index is -1.53. The highest BCUT2D eigenvalue weighted by atomic mass is 16.6. The van der Waals surface area contributed by atoms with E-state index >= 15 is 0 Å². The topological polar surface area (TPSA) is 164 Å². The Morgan fingerprint density at radius 3 is 2.24 bits per heavy atom. The van der Waals surface area contributed by atoms with Crippen molar-refractivity contribution in [1.29, 1.82) is 0 Å². The number of carbonyl (C=O) groups is 1. The van der Waals surface area contributed by atoms with Crippen LogP contribution in [0.4, 0.5) is 0 Å². The lowest BCUT2D eigenvalue weighted by atomic mass is 10.0. The van der Waals surface area contributed by atoms with Crippen LogP contribution in [0, 0.1) is 0 Å². The van der Waals surface area contributed by atoms with E-state index < -0.39 is 30.2 Å². The number of benzene rings is 2. The molecule has 3 atom stereocenters. The number of hydroxylamine groups is 3. The molecule has 1 aliphatic rings. The Balaban J connectivity index is 1.60. The number of hydrogen-bond acceptors (Lipinski definition) is 10. The van der Waals surface area contributed by atoms with Crippen LogP contribution in [0.2, 0.25) is 0 Å². The quantitative estimate of drug-likeness (QED) is 0.215. The monoisotopic (exact) mass is 459 g/mol. The molecule has 7 N–H and O–H groups in total. The van der Waals surface area contributed by atoms with Crippen molar-refractivity contribution in [3.63, 3.8) is 0 Å². The van der Waals surface area contributed by atoms with Crippen LogP contribution in [0.15, 0.2) is 72.6 Å². The third kappa shape index (κ3) is 6.22. The second-order valence-corrected chi connectivity index (χ2v) is 7.24. The van der Waals surface area contributed by atoms with Crippen molar-refractivity contribution < 1.29 is 40.0 Å². The van der Waals surface area contributed by atoms with Gasteiger partial charge in [0.1, 0.15) is 36.7 Å². The minimum absolute atomic E-state index is 0.0113. The summed E-state index contributed by atoms with van der Waals surface area (Å²) in [4.78, 5) is 12.4. The number of hydrogen-bond donors (Lipinski definition) is 7. The minimum Gasteiger partial charge on any atom is -0.487 e. The molecule has 2 aromatic carbocycles. The van der Waals surface area contributed by atoms with Gasteiger partial charge in [-0.1, -0.05) is 24.3 Å². The molecule has 33 heavy (non-hydrogen) atoms. The standard InChI is InChI=1S/C22H25N3O8/c1-13(26)20(22(29)24-30)23-21(28)16-4-2-14(3-5-16)15-6-8-18(9-7-15)32-11-17-12-33-19(27)10-25(17)31/h2-10,12-13,20,22,24,26-27,29-31H,11H2,1H3,(H,23,28)/t13-,20+,22?/m1/s1. The van der Waals surface area contributed by atoms with E-state index in [1.54, 1.807) is 41.9 Å². The van der Waals surface area contributed by atoms with Crippen molar-refractivity contribution in [2.75, 3.05) is 6.61 Å². The van der Waals surface area contributed by atoms with Crippen molar-refractivity contribution in [3.8, 4) is 16.9 Å². The zero-order valence-corrected chi connectivity index (χ0v) is 17.6. The zero-order chi connectivity index (χ0) is 24.0. The molecule has 0 aromatic heterocycles. The Hall–Kier alpha value is -3.61. The van der Waals surface area contributed by atoms with Gasteiger partial charge in [-0.3, -0.25) is 10.0 Å². The van der Waals surface area contributed by atoms with E-state index in [4.69, 9.17) is 19.8 Å². The molecule has 11 nitrogen and oxygen atoms in total. The molecule has 1 heterocycles. The molecule has 2 aromatic rings. The number of aliphatic hydroxyl groups excluding tert-OH is 3. The van der Waals surface area contributed by atoms with Gasteiger partial charge >= 0.3 is 5.95 Å². The van der Waals surface area contributed by atoms with Gasteiger partial charge in [-0.25, -0.2) is 5.06 Å². The molecular weight excluding hydrogens is 434 g/mol. The van der Waals surface area contributed by atoms with Crippen LogP contribution in [0.25, 0.3) is 11.1 Å². The molecule has 1 amide bonds. The molecule has 0 saturated heterocycles. The maximum absolute atomic E-state index is 12.4. The van der Waals surface area contributed by atoms with Gasteiger partial charge in [0.05, 0.1) is 12.1 Å². The summed E-state index contributed by atoms with van der Waals surface area (Å²) in [7, 11) is 0. The van der Waals surface area contributed by atoms with Crippen molar-refractivity contribution in [3.05, 3.63) is 78.2 Å². The molecule has 3 rings (SSSR count). The molecule has 0 saturated carbocycles. The summed E-state index contributed by atoms with van der Waals surface area (Å²) in [5, 5.41) is 50.2. The van der Waals surface area contributed by atoms with Crippen LogP contribution in [0.3, 0.4) is 0 Å². The summed E-state index contributed by atoms with van der Waals surface area (Å²) in [6.45, 7) is 1.39. The van der Waals surface area contributed by atoms with Crippen LogP contribution < -0.4 is 15.5 Å². The lowest BCUT2D eigenvalue weighted by molar-refractivity contribution is -0.0463. The fraction of sp³-hybridized carbons (Fsp3) is 0.227. The van der Waals surface area contributed by atoms with E-state index in [-0.39, 0.29) is 6.61 Å². The molecule has 11 heteroatoms. The van der Waals surface area contributed by atoms with Gasteiger partial charge in [0, 0.05) is 5.56 Å². The summed E-state index contributed by atoms with van der Waals surface area (Å²) in [6, 6.07) is 12.7. The average Bonchev–Trinajstić information content (AvgIpc) is 2.81. The van der Waals surface area contributed by atoms with Crippen LogP contribution in [0.1, 0.15) is 17.3 Å². The number of nitrogens with zero attached hydrogens (tertiary/aromatic N) is 1. The van der Waals surface area contributed by atoms with E-state index in [0.29, 0.717) is 22.1 Å². The van der Waals surface area contributed by atoms with Gasteiger partial charge in [-0.05, 0) is 42.3 Å². The molecule has 1 unspecified atom stereocenters. The van der Waals surface area contributed by atoms with Crippen molar-refractivity contribution in [2.45, 2.75) is 25.3 Å². The fourth-order valence-electron chi connectivity index (χ4n) is 2.99. The van der Waals surface area contributed by atoms with E-state index in [9.17, 15) is 20.2 Å². The molecule has 0 radical (unpaired) electrons. The SMILES string of the molecule is C[C@@H](O)[C@H](NC(=O)c1ccc(-c2ccc(OCC3=COC(O)=CN3O)cc2)cc1)C(O)NO. The van der Waals surface area contributed by atoms with Gasteiger partial charge in [0.15, 0.2) is 0 Å². The molecule has 0 bridgehead atoms. The summed E-state index contributed by atoms with van der Waals surface area (Å²) in [5.41, 5.74) is 3.92. The highest BCUT2D eigenvalue weighted by Gasteiger charge is 2.25. The van der Waals surface area contributed by atoms with Crippen molar-refractivity contribution in [2.24, 2.45) is 0 Å². The number of rotatable bonds is 9. The van der Waals surface area contributed by atoms with E-state index in [1.807, 2.05) is 12.1 Å². The third-order valence-corrected chi connectivity index (χ3v) is 4.85. The molecule has 0 aliphatic carbocycles. The molecular formula is C22H25N3O8. The van der Waals surface area contributed by atoms with Crippen LogP contribution in [0.5, 0.6) is 5.75 Å².